The molecule has 232 valence electrons. The molecule has 0 unspecified atom stereocenters. The number of allylic oxidation sites excluding steroid dienone is 1. The summed E-state index contributed by atoms with van der Waals surface area (Å²) in [5.41, 5.74) is -0.607. The van der Waals surface area contributed by atoms with Crippen LogP contribution in [0.2, 0.25) is 0 Å². The number of carbonyl (C=O) groups excluding carboxylic acids is 4. The average Bonchev–Trinajstić information content (AvgIpc) is 3.65. The topological polar surface area (TPSA) is 117 Å². The molecule has 1 aromatic rings. The van der Waals surface area contributed by atoms with Gasteiger partial charge in [-0.2, -0.15) is 0 Å². The van der Waals surface area contributed by atoms with Gasteiger partial charge in [-0.05, 0) is 25.3 Å². The molecule has 0 aromatic heterocycles. The number of aliphatic hydroxyl groups excluding tert-OH is 1. The first-order valence-corrected chi connectivity index (χ1v) is 15.5. The van der Waals surface area contributed by atoms with E-state index in [4.69, 9.17) is 9.47 Å². The fourth-order valence-electron chi connectivity index (χ4n) is 7.01. The van der Waals surface area contributed by atoms with Gasteiger partial charge in [0, 0.05) is 33.1 Å². The summed E-state index contributed by atoms with van der Waals surface area (Å²) in [5, 5.41) is 9.91. The highest BCUT2D eigenvalue weighted by atomic mass is 16.6. The maximum Gasteiger partial charge on any atom is 0.313 e. The molecule has 5 rings (SSSR count). The molecule has 43 heavy (non-hydrogen) atoms. The highest BCUT2D eigenvalue weighted by Gasteiger charge is 2.73. The lowest BCUT2D eigenvalue weighted by Gasteiger charge is -2.35. The molecule has 0 aliphatic carbocycles. The fourth-order valence-corrected chi connectivity index (χ4v) is 7.01. The zero-order chi connectivity index (χ0) is 30.7. The minimum Gasteiger partial charge on any atom is -0.455 e. The number of benzene rings is 1. The molecule has 2 saturated heterocycles. The van der Waals surface area contributed by atoms with Crippen molar-refractivity contribution in [2.75, 3.05) is 33.3 Å². The zero-order valence-electron chi connectivity index (χ0n) is 25.3. The van der Waals surface area contributed by atoms with Crippen LogP contribution in [0.4, 0.5) is 0 Å². The smallest absolute Gasteiger partial charge is 0.313 e. The van der Waals surface area contributed by atoms with Gasteiger partial charge in [0.05, 0.1) is 24.7 Å². The van der Waals surface area contributed by atoms with E-state index in [1.807, 2.05) is 49.4 Å². The molecule has 7 atom stereocenters. The van der Waals surface area contributed by atoms with E-state index in [0.717, 1.165) is 24.8 Å². The first-order chi connectivity index (χ1) is 20.7. The van der Waals surface area contributed by atoms with Gasteiger partial charge >= 0.3 is 5.97 Å². The molecule has 1 aromatic carbocycles. The Bertz CT molecular complexity index is 1270. The van der Waals surface area contributed by atoms with Crippen molar-refractivity contribution < 1.29 is 33.8 Å². The van der Waals surface area contributed by atoms with E-state index in [1.54, 1.807) is 29.0 Å². The molecular weight excluding hydrogens is 550 g/mol. The van der Waals surface area contributed by atoms with Crippen LogP contribution in [0.3, 0.4) is 0 Å². The summed E-state index contributed by atoms with van der Waals surface area (Å²) in [6, 6.07) is 7.75. The molecule has 5 bridgehead atoms. The minimum atomic E-state index is -1.33. The summed E-state index contributed by atoms with van der Waals surface area (Å²) in [7, 11) is 1.71. The summed E-state index contributed by atoms with van der Waals surface area (Å²) < 4.78 is 12.6. The van der Waals surface area contributed by atoms with Crippen molar-refractivity contribution in [1.82, 2.24) is 14.7 Å². The highest BCUT2D eigenvalue weighted by molar-refractivity contribution is 5.99. The number of hydrogen-bond donors (Lipinski definition) is 1. The molecule has 0 saturated carbocycles. The molecule has 4 heterocycles. The minimum absolute atomic E-state index is 0.0493. The molecule has 1 N–H and O–H groups in total. The standard InChI is InChI=1S/C33H43N3O7/c1-4-5-11-18-35-19-12-7-10-15-25(38)34(3)22(2)28(23-13-8-6-9-14-23)42-32(41)26-24-16-17-33(43-24)27(26)30(39)36(20-21-37)29(33)31(35)40/h6-9,12-14,16-17,22,24,26-29,37H,4-5,10-11,15,18-21H2,1-3H3/b12-7-/t22-,24+,26-,27-,28+,29+,33-/m0/s1. The lowest BCUT2D eigenvalue weighted by atomic mass is 9.74. The van der Waals surface area contributed by atoms with E-state index >= 15 is 0 Å². The maximum atomic E-state index is 14.3. The number of cyclic esters (lactones) is 1. The maximum absolute atomic E-state index is 14.3. The molecule has 4 aliphatic rings. The van der Waals surface area contributed by atoms with E-state index in [2.05, 4.69) is 6.92 Å². The number of β-amino-alcohol motifs (C(OH)–C–C–N with tert-alkyl or cyclic N) is 1. The molecule has 3 amide bonds. The number of ether oxygens (including phenoxy) is 2. The third kappa shape index (κ3) is 5.62. The number of unbranched alkanes of at least 4 members (excludes halogenated alkanes) is 2. The van der Waals surface area contributed by atoms with Crippen LogP contribution in [0.25, 0.3) is 0 Å². The van der Waals surface area contributed by atoms with Gasteiger partial charge in [0.1, 0.15) is 23.7 Å². The van der Waals surface area contributed by atoms with Gasteiger partial charge in [-0.15, -0.1) is 0 Å². The first kappa shape index (κ1) is 30.9. The number of esters is 1. The van der Waals surface area contributed by atoms with E-state index in [0.29, 0.717) is 19.5 Å². The third-order valence-corrected chi connectivity index (χ3v) is 9.40. The van der Waals surface area contributed by atoms with Crippen molar-refractivity contribution >= 4 is 23.7 Å². The van der Waals surface area contributed by atoms with Crippen molar-refractivity contribution in [2.24, 2.45) is 11.8 Å². The normalized spacial score (nSPS) is 33.7. The quantitative estimate of drug-likeness (QED) is 0.294. The van der Waals surface area contributed by atoms with E-state index in [9.17, 15) is 24.3 Å². The van der Waals surface area contributed by atoms with Gasteiger partial charge in [-0.1, -0.05) is 74.4 Å². The lowest BCUT2D eigenvalue weighted by Crippen LogP contribution is -2.56. The molecule has 0 radical (unpaired) electrons. The second kappa shape index (κ2) is 13.0. The molecule has 1 spiro atoms. The molecule has 4 aliphatic heterocycles. The SMILES string of the molecule is CCCCCN1C/C=C\CCC(=O)N(C)[C@@H](C)[C@H](c2ccccc2)OC(=O)[C@@H]2[C@H]3C(=O)N(CCO)[C@H](C1=O)[C@]31C=C[C@H]2O1. The number of likely N-dealkylation sites (tertiary alicyclic amines) is 1. The molecular formula is C33H43N3O7. The number of aliphatic hydroxyl groups is 1. The van der Waals surface area contributed by atoms with Crippen LogP contribution in [-0.4, -0.2) is 101 Å². The second-order valence-corrected chi connectivity index (χ2v) is 12.0. The Kier molecular flexibility index (Phi) is 9.36. The van der Waals surface area contributed by atoms with Crippen LogP contribution in [0.5, 0.6) is 0 Å². The molecule has 10 heteroatoms. The largest absolute Gasteiger partial charge is 0.455 e. The molecule has 10 nitrogen and oxygen atoms in total. The lowest BCUT2D eigenvalue weighted by molar-refractivity contribution is -0.164. The Labute approximate surface area is 253 Å². The Morgan fingerprint density at radius 2 is 1.79 bits per heavy atom. The summed E-state index contributed by atoms with van der Waals surface area (Å²) >= 11 is 0. The van der Waals surface area contributed by atoms with Crippen molar-refractivity contribution in [3.8, 4) is 0 Å². The van der Waals surface area contributed by atoms with Crippen LogP contribution in [-0.2, 0) is 28.7 Å². The van der Waals surface area contributed by atoms with E-state index in [1.165, 1.54) is 4.90 Å². The van der Waals surface area contributed by atoms with Gasteiger partial charge in [-0.3, -0.25) is 19.2 Å². The van der Waals surface area contributed by atoms with Crippen LogP contribution < -0.4 is 0 Å². The Morgan fingerprint density at radius 3 is 2.51 bits per heavy atom. The van der Waals surface area contributed by atoms with Gasteiger partial charge in [0.2, 0.25) is 17.7 Å². The number of carbonyl (C=O) groups is 4. The van der Waals surface area contributed by atoms with Gasteiger partial charge in [-0.25, -0.2) is 0 Å². The predicted molar refractivity (Wildman–Crippen MR) is 158 cm³/mol. The molecule has 2 fully saturated rings. The number of fused-ring (bicyclic) bond motifs is 2. The van der Waals surface area contributed by atoms with Crippen molar-refractivity contribution in [3.05, 3.63) is 60.2 Å². The monoisotopic (exact) mass is 593 g/mol. The average molecular weight is 594 g/mol. The zero-order valence-corrected chi connectivity index (χ0v) is 25.3. The van der Waals surface area contributed by atoms with Crippen LogP contribution in [0, 0.1) is 11.8 Å². The number of likely N-dealkylation sites (N-methyl/N-ethyl adjacent to an activating group) is 1. The Balaban J connectivity index is 1.56. The first-order valence-electron chi connectivity index (χ1n) is 15.5. The number of hydrogen-bond acceptors (Lipinski definition) is 7. The number of rotatable bonds is 7. The Hall–Kier alpha value is -3.50. The number of amides is 3. The summed E-state index contributed by atoms with van der Waals surface area (Å²) in [6.07, 6.45) is 9.28. The third-order valence-electron chi connectivity index (χ3n) is 9.40. The predicted octanol–water partition coefficient (Wildman–Crippen LogP) is 2.63. The van der Waals surface area contributed by atoms with Gasteiger partial charge in [0.15, 0.2) is 0 Å². The van der Waals surface area contributed by atoms with Crippen LogP contribution >= 0.6 is 0 Å². The summed E-state index contributed by atoms with van der Waals surface area (Å²) in [6.45, 7) is 4.37. The summed E-state index contributed by atoms with van der Waals surface area (Å²) in [5.74, 6) is -3.32. The van der Waals surface area contributed by atoms with Crippen molar-refractivity contribution in [2.45, 2.75) is 75.8 Å². The van der Waals surface area contributed by atoms with Gasteiger partial charge < -0.3 is 29.3 Å². The van der Waals surface area contributed by atoms with Crippen molar-refractivity contribution in [3.63, 3.8) is 0 Å². The van der Waals surface area contributed by atoms with Crippen LogP contribution in [0.15, 0.2) is 54.6 Å². The van der Waals surface area contributed by atoms with E-state index in [-0.39, 0.29) is 31.4 Å². The van der Waals surface area contributed by atoms with Crippen molar-refractivity contribution in [1.29, 1.82) is 0 Å². The number of nitrogens with zero attached hydrogens (tertiary/aromatic N) is 3. The second-order valence-electron chi connectivity index (χ2n) is 12.0. The van der Waals surface area contributed by atoms with Crippen LogP contribution in [0.1, 0.15) is 57.6 Å². The fraction of sp³-hybridized carbons (Fsp3) is 0.576. The summed E-state index contributed by atoms with van der Waals surface area (Å²) in [4.78, 5) is 60.4. The van der Waals surface area contributed by atoms with Gasteiger partial charge in [0.25, 0.3) is 0 Å². The van der Waals surface area contributed by atoms with E-state index < -0.39 is 53.6 Å². The Morgan fingerprint density at radius 1 is 1.02 bits per heavy atom. The highest BCUT2D eigenvalue weighted by Crippen LogP contribution is 2.55.